The molecule has 0 saturated carbocycles. The van der Waals surface area contributed by atoms with Gasteiger partial charge in [-0.1, -0.05) is 80.4 Å². The number of imide groups is 1. The second kappa shape index (κ2) is 29.8. The summed E-state index contributed by atoms with van der Waals surface area (Å²) in [5.41, 5.74) is 1.02. The molecule has 0 aliphatic carbocycles. The third-order valence-electron chi connectivity index (χ3n) is 13.8. The molecule has 20 nitrogen and oxygen atoms in total. The zero-order valence-corrected chi connectivity index (χ0v) is 44.9. The molecule has 7 unspecified atom stereocenters. The van der Waals surface area contributed by atoms with Crippen LogP contribution in [-0.2, 0) is 59.2 Å². The Hall–Kier alpha value is -5.63. The molecule has 72 heavy (non-hydrogen) atoms. The van der Waals surface area contributed by atoms with Gasteiger partial charge in [-0.2, -0.15) is 0 Å². The number of hydrogen-bond donors (Lipinski definition) is 4. The van der Waals surface area contributed by atoms with Crippen molar-refractivity contribution in [3.8, 4) is 0 Å². The lowest BCUT2D eigenvalue weighted by molar-refractivity contribution is -0.144. The number of likely N-dealkylation sites (N-methyl/N-ethyl adjacent to an activating group) is 2. The molecule has 0 bridgehead atoms. The summed E-state index contributed by atoms with van der Waals surface area (Å²) in [5, 5.41) is 10.7. The monoisotopic (exact) mass is 1010 g/mol. The highest BCUT2D eigenvalue weighted by atomic mass is 16.6. The van der Waals surface area contributed by atoms with Gasteiger partial charge in [0.25, 0.3) is 0 Å². The molecule has 7 atom stereocenters. The summed E-state index contributed by atoms with van der Waals surface area (Å²) in [6, 6.07) is 4.16. The fraction of sp³-hybridized carbons (Fsp3) is 0.712. The van der Waals surface area contributed by atoms with Gasteiger partial charge >= 0.3 is 6.09 Å². The third-order valence-corrected chi connectivity index (χ3v) is 13.8. The minimum absolute atomic E-state index is 0.0373. The fourth-order valence-corrected chi connectivity index (χ4v) is 9.59. The van der Waals surface area contributed by atoms with E-state index in [2.05, 4.69) is 35.1 Å². The SMILES string of the molecule is CCC(C)C(C(CC(=O)N1CCCC1C(OC)C(C)C)OC)N(C)C(=O)CNC(=O)C(C(C)C)N(C)C(=O)OCc1ccc(NC(=O)CNC(=O)C(NC(=O)CCCCCN2C(=O)CCC2=O)C(C)C)cc1. The molecule has 404 valence electrons. The summed E-state index contributed by atoms with van der Waals surface area (Å²) in [5.74, 6) is -3.07. The largest absolute Gasteiger partial charge is 0.445 e. The van der Waals surface area contributed by atoms with Crippen LogP contribution in [0.3, 0.4) is 0 Å². The van der Waals surface area contributed by atoms with E-state index in [0.717, 1.165) is 12.8 Å². The molecule has 2 heterocycles. The molecule has 0 radical (unpaired) electrons. The number of benzene rings is 1. The molecular formula is C52H84N8O12. The highest BCUT2D eigenvalue weighted by molar-refractivity contribution is 6.02. The number of rotatable bonds is 29. The minimum Gasteiger partial charge on any atom is -0.445 e. The van der Waals surface area contributed by atoms with E-state index in [1.807, 2.05) is 18.7 Å². The van der Waals surface area contributed by atoms with E-state index in [4.69, 9.17) is 14.2 Å². The summed E-state index contributed by atoms with van der Waals surface area (Å²) < 4.78 is 17.3. The lowest BCUT2D eigenvalue weighted by atomic mass is 9.90. The number of anilines is 1. The maximum Gasteiger partial charge on any atom is 0.410 e. The van der Waals surface area contributed by atoms with Crippen LogP contribution in [0.1, 0.15) is 125 Å². The number of hydrogen-bond acceptors (Lipinski definition) is 12. The Balaban J connectivity index is 1.47. The van der Waals surface area contributed by atoms with Crippen molar-refractivity contribution in [3.63, 3.8) is 0 Å². The van der Waals surface area contributed by atoms with Crippen LogP contribution < -0.4 is 21.3 Å². The van der Waals surface area contributed by atoms with Crippen LogP contribution in [0.4, 0.5) is 10.5 Å². The van der Waals surface area contributed by atoms with Crippen molar-refractivity contribution < 1.29 is 57.4 Å². The first-order valence-corrected chi connectivity index (χ1v) is 25.6. The Morgan fingerprint density at radius 2 is 1.40 bits per heavy atom. The van der Waals surface area contributed by atoms with Gasteiger partial charge in [0, 0.05) is 66.4 Å². The van der Waals surface area contributed by atoms with Gasteiger partial charge in [-0.15, -0.1) is 0 Å². The van der Waals surface area contributed by atoms with Crippen LogP contribution in [0.2, 0.25) is 0 Å². The Morgan fingerprint density at radius 3 is 1.97 bits per heavy atom. The summed E-state index contributed by atoms with van der Waals surface area (Å²) in [6.07, 6.45) is 3.47. The van der Waals surface area contributed by atoms with Crippen molar-refractivity contribution in [1.82, 2.24) is 35.6 Å². The van der Waals surface area contributed by atoms with E-state index in [9.17, 15) is 43.2 Å². The lowest BCUT2D eigenvalue weighted by Gasteiger charge is -2.39. The maximum atomic E-state index is 13.8. The molecular weight excluding hydrogens is 929 g/mol. The number of nitrogens with zero attached hydrogens (tertiary/aromatic N) is 4. The first kappa shape index (κ1) is 60.7. The van der Waals surface area contributed by atoms with Crippen LogP contribution in [0, 0.1) is 23.7 Å². The van der Waals surface area contributed by atoms with Gasteiger partial charge in [0.1, 0.15) is 18.7 Å². The number of carbonyl (C=O) groups is 9. The number of ether oxygens (including phenoxy) is 3. The second-order valence-electron chi connectivity index (χ2n) is 20.2. The fourth-order valence-electron chi connectivity index (χ4n) is 9.59. The smallest absolute Gasteiger partial charge is 0.410 e. The van der Waals surface area contributed by atoms with E-state index in [0.29, 0.717) is 50.0 Å². The topological polar surface area (TPSA) is 242 Å². The quantitative estimate of drug-likeness (QED) is 0.0651. The molecule has 9 amide bonds. The number of carbonyl (C=O) groups excluding carboxylic acids is 9. The van der Waals surface area contributed by atoms with E-state index in [-0.39, 0.29) is 111 Å². The standard InChI is InChI=1S/C52H84N8O12/c1-13-35(8)48(39(70-11)28-44(65)59-27-17-18-38(59)49(71-12)34(6)7)57(9)45(66)30-54-51(68)47(33(4)5)58(10)52(69)72-31-36-20-22-37(23-21-36)55-41(62)29-53-50(67)46(32(2)3)56-40(61)19-15-14-16-26-60-42(63)24-25-43(60)64/h20-23,32-35,38-39,46-49H,13-19,24-31H2,1-12H3,(H,53,67)(H,54,68)(H,55,62)(H,56,61). The predicted octanol–water partition coefficient (Wildman–Crippen LogP) is 4.24. The first-order valence-electron chi connectivity index (χ1n) is 25.6. The summed E-state index contributed by atoms with van der Waals surface area (Å²) >= 11 is 0. The highest BCUT2D eigenvalue weighted by Crippen LogP contribution is 2.29. The van der Waals surface area contributed by atoms with Crippen molar-refractivity contribution >= 4 is 59.0 Å². The van der Waals surface area contributed by atoms with Gasteiger partial charge in [0.05, 0.1) is 43.8 Å². The number of nitrogens with one attached hydrogen (secondary N) is 4. The zero-order valence-electron chi connectivity index (χ0n) is 44.9. The van der Waals surface area contributed by atoms with Crippen LogP contribution in [0.25, 0.3) is 0 Å². The summed E-state index contributed by atoms with van der Waals surface area (Å²) in [7, 11) is 6.32. The molecule has 2 aliphatic rings. The van der Waals surface area contributed by atoms with Gasteiger partial charge in [-0.3, -0.25) is 48.2 Å². The van der Waals surface area contributed by atoms with Crippen LogP contribution in [-0.4, -0.2) is 164 Å². The average molecular weight is 1010 g/mol. The van der Waals surface area contributed by atoms with Crippen molar-refractivity contribution in [2.45, 2.75) is 163 Å². The summed E-state index contributed by atoms with van der Waals surface area (Å²) in [4.78, 5) is 122. The van der Waals surface area contributed by atoms with Crippen LogP contribution in [0.15, 0.2) is 24.3 Å². The molecule has 0 aromatic heterocycles. The molecule has 1 aromatic carbocycles. The number of unbranched alkanes of at least 4 members (excludes halogenated alkanes) is 2. The molecule has 3 rings (SSSR count). The summed E-state index contributed by atoms with van der Waals surface area (Å²) in [6.45, 7) is 15.4. The van der Waals surface area contributed by atoms with E-state index in [1.165, 1.54) is 16.8 Å². The van der Waals surface area contributed by atoms with Crippen LogP contribution in [0.5, 0.6) is 0 Å². The third kappa shape index (κ3) is 17.8. The van der Waals surface area contributed by atoms with Crippen LogP contribution >= 0.6 is 0 Å². The molecule has 2 aliphatic heterocycles. The zero-order chi connectivity index (χ0) is 53.8. The Bertz CT molecular complexity index is 1980. The normalized spacial score (nSPS) is 17.3. The maximum absolute atomic E-state index is 13.8. The van der Waals surface area contributed by atoms with Crippen molar-refractivity contribution in [3.05, 3.63) is 29.8 Å². The van der Waals surface area contributed by atoms with Gasteiger partial charge in [0.2, 0.25) is 47.3 Å². The van der Waals surface area contributed by atoms with Gasteiger partial charge in [-0.25, -0.2) is 4.79 Å². The predicted molar refractivity (Wildman–Crippen MR) is 271 cm³/mol. The molecule has 4 N–H and O–H groups in total. The molecule has 0 spiro atoms. The molecule has 1 aromatic rings. The van der Waals surface area contributed by atoms with Crippen molar-refractivity contribution in [2.24, 2.45) is 23.7 Å². The van der Waals surface area contributed by atoms with Gasteiger partial charge in [0.15, 0.2) is 0 Å². The number of amides is 9. The van der Waals surface area contributed by atoms with Crippen molar-refractivity contribution in [1.29, 1.82) is 0 Å². The average Bonchev–Trinajstić information content (AvgIpc) is 3.95. The molecule has 20 heteroatoms. The Morgan fingerprint density at radius 1 is 0.764 bits per heavy atom. The second-order valence-corrected chi connectivity index (χ2v) is 20.2. The minimum atomic E-state index is -0.977. The van der Waals surface area contributed by atoms with Gasteiger partial charge < -0.3 is 45.3 Å². The first-order chi connectivity index (χ1) is 34.1. The van der Waals surface area contributed by atoms with E-state index in [1.54, 1.807) is 78.1 Å². The number of likely N-dealkylation sites (tertiary alicyclic amines) is 2. The Kier molecular flexibility index (Phi) is 25.1. The highest BCUT2D eigenvalue weighted by Gasteiger charge is 2.40. The Labute approximate surface area is 426 Å². The van der Waals surface area contributed by atoms with E-state index < -0.39 is 48.0 Å². The van der Waals surface area contributed by atoms with Gasteiger partial charge in [-0.05, 0) is 67.1 Å². The van der Waals surface area contributed by atoms with E-state index >= 15 is 0 Å². The molecule has 2 fully saturated rings. The lowest BCUT2D eigenvalue weighted by Crippen LogP contribution is -2.55. The number of methoxy groups -OCH3 is 2. The van der Waals surface area contributed by atoms with Crippen molar-refractivity contribution in [2.75, 3.05) is 59.8 Å². The molecule has 2 saturated heterocycles.